The van der Waals surface area contributed by atoms with Crippen LogP contribution in [0.1, 0.15) is 43.1 Å². The number of ether oxygens (including phenoxy) is 1. The van der Waals surface area contributed by atoms with Crippen LogP contribution in [0.3, 0.4) is 0 Å². The number of pyridine rings is 2. The number of alkyl halides is 1. The lowest BCUT2D eigenvalue weighted by Crippen LogP contribution is -2.31. The maximum atomic E-state index is 15.1. The van der Waals surface area contributed by atoms with Gasteiger partial charge in [0.25, 0.3) is 0 Å². The number of carbonyl (C=O) groups is 2. The van der Waals surface area contributed by atoms with Crippen LogP contribution in [0.2, 0.25) is 0 Å². The SMILES string of the molecule is CCOC(=O)c1cn(C2CC2)c2nc(N3C[C@@H](CNC(C)=O)[C@H](Cl)C3)c(F)cc2c1=O. The summed E-state index contributed by atoms with van der Waals surface area (Å²) in [6.07, 6.45) is 3.25. The second-order valence-electron chi connectivity index (χ2n) is 8.01. The van der Waals surface area contributed by atoms with Crippen molar-refractivity contribution < 1.29 is 18.7 Å². The van der Waals surface area contributed by atoms with Crippen LogP contribution in [0.5, 0.6) is 0 Å². The molecule has 0 radical (unpaired) electrons. The number of esters is 1. The maximum Gasteiger partial charge on any atom is 0.343 e. The molecule has 1 N–H and O–H groups in total. The minimum Gasteiger partial charge on any atom is -0.462 e. The summed E-state index contributed by atoms with van der Waals surface area (Å²) in [4.78, 5) is 42.6. The number of aromatic nitrogens is 2. The van der Waals surface area contributed by atoms with E-state index in [9.17, 15) is 14.4 Å². The molecule has 0 aromatic carbocycles. The number of nitrogens with zero attached hydrogens (tertiary/aromatic N) is 3. The van der Waals surface area contributed by atoms with Crippen molar-refractivity contribution >= 4 is 40.3 Å². The number of hydrogen-bond acceptors (Lipinski definition) is 6. The predicted molar refractivity (Wildman–Crippen MR) is 114 cm³/mol. The maximum absolute atomic E-state index is 15.1. The molecule has 2 fully saturated rings. The Hall–Kier alpha value is -2.68. The molecular formula is C21H24ClFN4O4. The zero-order valence-electron chi connectivity index (χ0n) is 17.4. The Kier molecular flexibility index (Phi) is 5.88. The van der Waals surface area contributed by atoms with E-state index in [1.54, 1.807) is 16.4 Å². The van der Waals surface area contributed by atoms with E-state index < -0.39 is 17.2 Å². The lowest BCUT2D eigenvalue weighted by molar-refractivity contribution is -0.119. The number of fused-ring (bicyclic) bond motifs is 1. The average molecular weight is 451 g/mol. The largest absolute Gasteiger partial charge is 0.462 e. The van der Waals surface area contributed by atoms with Gasteiger partial charge in [-0.25, -0.2) is 14.2 Å². The number of halogens is 2. The highest BCUT2D eigenvalue weighted by atomic mass is 35.5. The standard InChI is InChI=1S/C21H24ClFN4O4/c1-3-31-21(30)15-9-27(13-4-5-13)19-14(18(15)29)6-17(23)20(25-19)26-8-12(16(22)10-26)7-24-11(2)28/h6,9,12-13,16H,3-5,7-8,10H2,1-2H3,(H,24,28)/t12-,16-/m1/s1. The van der Waals surface area contributed by atoms with Crippen molar-refractivity contribution in [3.05, 3.63) is 33.9 Å². The van der Waals surface area contributed by atoms with Crippen LogP contribution in [0.15, 0.2) is 17.1 Å². The summed E-state index contributed by atoms with van der Waals surface area (Å²) in [6, 6.07) is 1.25. The molecule has 166 valence electrons. The second-order valence-corrected chi connectivity index (χ2v) is 8.57. The Morgan fingerprint density at radius 3 is 2.74 bits per heavy atom. The first-order valence-electron chi connectivity index (χ1n) is 10.4. The number of nitrogens with one attached hydrogen (secondary N) is 1. The molecule has 0 unspecified atom stereocenters. The van der Waals surface area contributed by atoms with Gasteiger partial charge in [0.2, 0.25) is 11.3 Å². The van der Waals surface area contributed by atoms with Gasteiger partial charge in [-0.2, -0.15) is 0 Å². The Labute approximate surface area is 183 Å². The normalized spacial score (nSPS) is 20.8. The van der Waals surface area contributed by atoms with Crippen LogP contribution in [-0.4, -0.2) is 53.0 Å². The summed E-state index contributed by atoms with van der Waals surface area (Å²) in [5, 5.41) is 2.52. The summed E-state index contributed by atoms with van der Waals surface area (Å²) < 4.78 is 21.8. The number of amides is 1. The summed E-state index contributed by atoms with van der Waals surface area (Å²) in [5.41, 5.74) is -0.371. The first-order valence-corrected chi connectivity index (χ1v) is 10.8. The third-order valence-electron chi connectivity index (χ3n) is 5.65. The van der Waals surface area contributed by atoms with E-state index in [0.717, 1.165) is 18.9 Å². The lowest BCUT2D eigenvalue weighted by Gasteiger charge is -2.20. The highest BCUT2D eigenvalue weighted by Gasteiger charge is 2.35. The van der Waals surface area contributed by atoms with Gasteiger partial charge in [0.15, 0.2) is 11.6 Å². The quantitative estimate of drug-likeness (QED) is 0.536. The van der Waals surface area contributed by atoms with E-state index >= 15 is 4.39 Å². The smallest absolute Gasteiger partial charge is 0.343 e. The third-order valence-corrected chi connectivity index (χ3v) is 6.14. The fourth-order valence-corrected chi connectivity index (χ4v) is 4.25. The molecule has 0 bridgehead atoms. The number of rotatable bonds is 6. The van der Waals surface area contributed by atoms with Crippen LogP contribution >= 0.6 is 11.6 Å². The molecule has 1 amide bonds. The summed E-state index contributed by atoms with van der Waals surface area (Å²) in [6.45, 7) is 4.42. The molecule has 3 heterocycles. The number of carbonyl (C=O) groups excluding carboxylic acids is 2. The van der Waals surface area contributed by atoms with E-state index in [-0.39, 0.29) is 46.6 Å². The highest BCUT2D eigenvalue weighted by Crippen LogP contribution is 2.37. The molecule has 2 aliphatic rings. The molecule has 4 rings (SSSR count). The van der Waals surface area contributed by atoms with Crippen LogP contribution in [0, 0.1) is 11.7 Å². The molecule has 1 saturated carbocycles. The van der Waals surface area contributed by atoms with Crippen molar-refractivity contribution in [2.45, 2.75) is 38.1 Å². The highest BCUT2D eigenvalue weighted by molar-refractivity contribution is 6.21. The van der Waals surface area contributed by atoms with Gasteiger partial charge in [0, 0.05) is 44.7 Å². The van der Waals surface area contributed by atoms with Gasteiger partial charge in [-0.15, -0.1) is 11.6 Å². The first kappa shape index (κ1) is 21.5. The molecule has 10 heteroatoms. The van der Waals surface area contributed by atoms with E-state index in [1.807, 2.05) is 0 Å². The van der Waals surface area contributed by atoms with Crippen LogP contribution in [0.25, 0.3) is 11.0 Å². The Bertz CT molecular complexity index is 1100. The fraction of sp³-hybridized carbons (Fsp3) is 0.524. The molecule has 2 atom stereocenters. The number of anilines is 1. The van der Waals surface area contributed by atoms with E-state index in [4.69, 9.17) is 16.3 Å². The molecule has 31 heavy (non-hydrogen) atoms. The third kappa shape index (κ3) is 4.23. The van der Waals surface area contributed by atoms with Crippen molar-refractivity contribution in [3.8, 4) is 0 Å². The van der Waals surface area contributed by atoms with Crippen LogP contribution in [0.4, 0.5) is 10.2 Å². The molecule has 2 aromatic rings. The first-order chi connectivity index (χ1) is 14.8. The Morgan fingerprint density at radius 2 is 2.10 bits per heavy atom. The van der Waals surface area contributed by atoms with Crippen LogP contribution < -0.4 is 15.6 Å². The van der Waals surface area contributed by atoms with Gasteiger partial charge in [-0.3, -0.25) is 9.59 Å². The second kappa shape index (κ2) is 8.45. The van der Waals surface area contributed by atoms with Crippen molar-refractivity contribution in [2.75, 3.05) is 31.1 Å². The van der Waals surface area contributed by atoms with Crippen molar-refractivity contribution in [2.24, 2.45) is 5.92 Å². The zero-order valence-corrected chi connectivity index (χ0v) is 18.1. The molecule has 0 spiro atoms. The van der Waals surface area contributed by atoms with Crippen molar-refractivity contribution in [3.63, 3.8) is 0 Å². The van der Waals surface area contributed by atoms with Crippen molar-refractivity contribution in [1.29, 1.82) is 0 Å². The zero-order chi connectivity index (χ0) is 22.3. The van der Waals surface area contributed by atoms with Gasteiger partial charge in [0.05, 0.1) is 17.4 Å². The van der Waals surface area contributed by atoms with Gasteiger partial charge in [-0.1, -0.05) is 0 Å². The lowest BCUT2D eigenvalue weighted by atomic mass is 10.1. The minimum absolute atomic E-state index is 0.0510. The molecule has 1 saturated heterocycles. The fourth-order valence-electron chi connectivity index (χ4n) is 3.92. The summed E-state index contributed by atoms with van der Waals surface area (Å²) >= 11 is 6.43. The van der Waals surface area contributed by atoms with Crippen molar-refractivity contribution in [1.82, 2.24) is 14.9 Å². The van der Waals surface area contributed by atoms with E-state index in [2.05, 4.69) is 10.3 Å². The van der Waals surface area contributed by atoms with E-state index in [0.29, 0.717) is 25.3 Å². The summed E-state index contributed by atoms with van der Waals surface area (Å²) in [5.74, 6) is -1.47. The molecular weight excluding hydrogens is 427 g/mol. The Morgan fingerprint density at radius 1 is 1.35 bits per heavy atom. The molecule has 1 aliphatic heterocycles. The average Bonchev–Trinajstić information content (AvgIpc) is 3.49. The molecule has 2 aromatic heterocycles. The summed E-state index contributed by atoms with van der Waals surface area (Å²) in [7, 11) is 0. The Balaban J connectivity index is 1.74. The molecule has 1 aliphatic carbocycles. The predicted octanol–water partition coefficient (Wildman–Crippen LogP) is 2.23. The topological polar surface area (TPSA) is 93.5 Å². The minimum atomic E-state index is -0.723. The van der Waals surface area contributed by atoms with Gasteiger partial charge >= 0.3 is 5.97 Å². The van der Waals surface area contributed by atoms with Gasteiger partial charge in [-0.05, 0) is 25.8 Å². The van der Waals surface area contributed by atoms with Crippen LogP contribution in [-0.2, 0) is 9.53 Å². The van der Waals surface area contributed by atoms with Gasteiger partial charge < -0.3 is 19.5 Å². The monoisotopic (exact) mass is 450 g/mol. The van der Waals surface area contributed by atoms with Gasteiger partial charge in [0.1, 0.15) is 11.2 Å². The van der Waals surface area contributed by atoms with E-state index in [1.165, 1.54) is 13.1 Å². The number of hydrogen-bond donors (Lipinski definition) is 1. The molecule has 8 nitrogen and oxygen atoms in total.